The molecular weight excluding hydrogens is 350 g/mol. The third-order valence-corrected chi connectivity index (χ3v) is 4.30. The van der Waals surface area contributed by atoms with Crippen molar-refractivity contribution in [3.63, 3.8) is 0 Å². The van der Waals surface area contributed by atoms with Crippen molar-refractivity contribution in [1.82, 2.24) is 20.2 Å². The Balaban J connectivity index is 1.94. The predicted octanol–water partition coefficient (Wildman–Crippen LogP) is 2.01. The zero-order valence-corrected chi connectivity index (χ0v) is 14.7. The molecule has 0 unspecified atom stereocenters. The fraction of sp³-hybridized carbons (Fsp3) is 0.267. The minimum absolute atomic E-state index is 0.123. The highest BCUT2D eigenvalue weighted by atomic mass is 35.5. The molecule has 7 nitrogen and oxygen atoms in total. The number of hydrogen-bond donors (Lipinski definition) is 2. The first-order valence-corrected chi connectivity index (χ1v) is 8.40. The molecule has 0 fully saturated rings. The van der Waals surface area contributed by atoms with Crippen molar-refractivity contribution >= 4 is 29.3 Å². The van der Waals surface area contributed by atoms with Crippen molar-refractivity contribution in [3.8, 4) is 5.75 Å². The van der Waals surface area contributed by atoms with Gasteiger partial charge < -0.3 is 15.9 Å². The highest BCUT2D eigenvalue weighted by molar-refractivity contribution is 8.00. The zero-order chi connectivity index (χ0) is 17.5. The molecule has 0 bridgehead atoms. The number of rotatable bonds is 8. The summed E-state index contributed by atoms with van der Waals surface area (Å²) in [5, 5.41) is 11.4. The van der Waals surface area contributed by atoms with E-state index >= 15 is 0 Å². The van der Waals surface area contributed by atoms with Gasteiger partial charge in [0.2, 0.25) is 11.1 Å². The number of nitrogens with two attached hydrogens (primary N) is 1. The number of nitrogens with zero attached hydrogens (tertiary/aromatic N) is 3. The van der Waals surface area contributed by atoms with Crippen LogP contribution in [-0.4, -0.2) is 32.6 Å². The van der Waals surface area contributed by atoms with Gasteiger partial charge in [-0.1, -0.05) is 29.4 Å². The second-order valence-corrected chi connectivity index (χ2v) is 6.55. The molecular formula is C15H18ClN5O2S. The average molecular weight is 368 g/mol. The number of benzene rings is 1. The van der Waals surface area contributed by atoms with Crippen LogP contribution in [0.2, 0.25) is 5.02 Å². The Morgan fingerprint density at radius 3 is 2.88 bits per heavy atom. The summed E-state index contributed by atoms with van der Waals surface area (Å²) in [6, 6.07) is 6.96. The molecule has 1 heterocycles. The van der Waals surface area contributed by atoms with E-state index in [-0.39, 0.29) is 17.8 Å². The van der Waals surface area contributed by atoms with Crippen LogP contribution in [0.15, 0.2) is 42.1 Å². The lowest BCUT2D eigenvalue weighted by atomic mass is 10.3. The highest BCUT2D eigenvalue weighted by Gasteiger charge is 2.19. The quantitative estimate of drug-likeness (QED) is 0.421. The summed E-state index contributed by atoms with van der Waals surface area (Å²) in [5.41, 5.74) is 0. The molecule has 24 heavy (non-hydrogen) atoms. The lowest BCUT2D eigenvalue weighted by Crippen LogP contribution is -2.31. The van der Waals surface area contributed by atoms with Crippen LogP contribution in [0.25, 0.3) is 0 Å². The first kappa shape index (κ1) is 18.2. The second-order valence-electron chi connectivity index (χ2n) is 4.81. The molecule has 0 saturated heterocycles. The maximum absolute atomic E-state index is 11.8. The zero-order valence-electron chi connectivity index (χ0n) is 13.1. The van der Waals surface area contributed by atoms with Crippen LogP contribution < -0.4 is 15.9 Å². The molecule has 1 aromatic heterocycles. The predicted molar refractivity (Wildman–Crippen MR) is 94.5 cm³/mol. The number of aromatic nitrogens is 3. The standard InChI is InChI=1S/C15H18ClN5O2S/c1-3-8-18-14(22)10(2)24-15-20-19-13(21(15)17)9-23-12-6-4-11(16)5-7-12/h3-7,10H,1,8-9,17H2,2H3,(H,18,22)/t10-/m1/s1. The van der Waals surface area contributed by atoms with Crippen LogP contribution in [-0.2, 0) is 11.4 Å². The molecule has 0 aliphatic carbocycles. The normalized spacial score (nSPS) is 11.8. The van der Waals surface area contributed by atoms with Crippen LogP contribution in [0.1, 0.15) is 12.7 Å². The molecule has 9 heteroatoms. The number of carbonyl (C=O) groups excluding carboxylic acids is 1. The molecule has 0 saturated carbocycles. The fourth-order valence-corrected chi connectivity index (χ4v) is 2.63. The van der Waals surface area contributed by atoms with Crippen molar-refractivity contribution in [2.75, 3.05) is 12.4 Å². The summed E-state index contributed by atoms with van der Waals surface area (Å²) < 4.78 is 6.90. The molecule has 1 amide bonds. The minimum atomic E-state index is -0.360. The fourth-order valence-electron chi connectivity index (χ4n) is 1.69. The molecule has 128 valence electrons. The number of hydrogen-bond acceptors (Lipinski definition) is 6. The summed E-state index contributed by atoms with van der Waals surface area (Å²) >= 11 is 7.04. The maximum Gasteiger partial charge on any atom is 0.233 e. The van der Waals surface area contributed by atoms with E-state index in [1.54, 1.807) is 37.3 Å². The molecule has 3 N–H and O–H groups in total. The van der Waals surface area contributed by atoms with Crippen molar-refractivity contribution < 1.29 is 9.53 Å². The number of ether oxygens (including phenoxy) is 1. The van der Waals surface area contributed by atoms with Gasteiger partial charge in [0.25, 0.3) is 0 Å². The number of thioether (sulfide) groups is 1. The van der Waals surface area contributed by atoms with Crippen LogP contribution in [0.3, 0.4) is 0 Å². The number of nitrogens with one attached hydrogen (secondary N) is 1. The summed E-state index contributed by atoms with van der Waals surface area (Å²) in [6.07, 6.45) is 1.62. The van der Waals surface area contributed by atoms with E-state index in [1.807, 2.05) is 0 Å². The van der Waals surface area contributed by atoms with Gasteiger partial charge in [-0.15, -0.1) is 16.8 Å². The lowest BCUT2D eigenvalue weighted by molar-refractivity contribution is -0.120. The summed E-state index contributed by atoms with van der Waals surface area (Å²) in [7, 11) is 0. The molecule has 0 radical (unpaired) electrons. The third kappa shape index (κ3) is 4.90. The molecule has 1 atom stereocenters. The van der Waals surface area contributed by atoms with Crippen molar-refractivity contribution in [2.24, 2.45) is 0 Å². The monoisotopic (exact) mass is 367 g/mol. The number of amides is 1. The van der Waals surface area contributed by atoms with Gasteiger partial charge in [-0.2, -0.15) is 0 Å². The SMILES string of the molecule is C=CCNC(=O)[C@@H](C)Sc1nnc(COc2ccc(Cl)cc2)n1N. The van der Waals surface area contributed by atoms with Crippen molar-refractivity contribution in [2.45, 2.75) is 23.9 Å². The molecule has 2 rings (SSSR count). The van der Waals surface area contributed by atoms with Crippen LogP contribution in [0, 0.1) is 0 Å². The van der Waals surface area contributed by atoms with Gasteiger partial charge in [0.05, 0.1) is 5.25 Å². The highest BCUT2D eigenvalue weighted by Crippen LogP contribution is 2.21. The van der Waals surface area contributed by atoms with Gasteiger partial charge in [-0.3, -0.25) is 4.79 Å². The molecule has 0 aliphatic heterocycles. The van der Waals surface area contributed by atoms with Crippen molar-refractivity contribution in [3.05, 3.63) is 47.8 Å². The maximum atomic E-state index is 11.8. The summed E-state index contributed by atoms with van der Waals surface area (Å²) in [5.74, 6) is 6.94. The van der Waals surface area contributed by atoms with Gasteiger partial charge in [0, 0.05) is 11.6 Å². The Bertz CT molecular complexity index is 704. The molecule has 2 aromatic rings. The number of carbonyl (C=O) groups is 1. The third-order valence-electron chi connectivity index (χ3n) is 2.99. The molecule has 1 aromatic carbocycles. The van der Waals surface area contributed by atoms with E-state index in [0.29, 0.717) is 28.3 Å². The van der Waals surface area contributed by atoms with Gasteiger partial charge in [-0.25, -0.2) is 4.68 Å². The van der Waals surface area contributed by atoms with Gasteiger partial charge >= 0.3 is 0 Å². The van der Waals surface area contributed by atoms with E-state index in [9.17, 15) is 4.79 Å². The van der Waals surface area contributed by atoms with Gasteiger partial charge in [-0.05, 0) is 31.2 Å². The van der Waals surface area contributed by atoms with Crippen LogP contribution in [0.4, 0.5) is 0 Å². The second kappa shape index (κ2) is 8.60. The number of halogens is 1. The lowest BCUT2D eigenvalue weighted by Gasteiger charge is -2.10. The van der Waals surface area contributed by atoms with Crippen molar-refractivity contribution in [1.29, 1.82) is 0 Å². The molecule has 0 aliphatic rings. The Labute approximate surface area is 149 Å². The van der Waals surface area contributed by atoms with Crippen LogP contribution >= 0.6 is 23.4 Å². The van der Waals surface area contributed by atoms with Gasteiger partial charge in [0.15, 0.2) is 5.82 Å². The van der Waals surface area contributed by atoms with E-state index < -0.39 is 0 Å². The van der Waals surface area contributed by atoms with E-state index in [1.165, 1.54) is 16.4 Å². The Kier molecular flexibility index (Phi) is 6.51. The summed E-state index contributed by atoms with van der Waals surface area (Å²) in [4.78, 5) is 11.8. The van der Waals surface area contributed by atoms with E-state index in [4.69, 9.17) is 22.2 Å². The Morgan fingerprint density at radius 2 is 2.21 bits per heavy atom. The smallest absolute Gasteiger partial charge is 0.233 e. The summed E-state index contributed by atoms with van der Waals surface area (Å²) in [6.45, 7) is 5.89. The average Bonchev–Trinajstić information content (AvgIpc) is 2.92. The first-order chi connectivity index (χ1) is 11.5. The van der Waals surface area contributed by atoms with E-state index in [2.05, 4.69) is 22.1 Å². The number of nitrogen functional groups attached to an aromatic ring is 1. The van der Waals surface area contributed by atoms with Gasteiger partial charge in [0.1, 0.15) is 12.4 Å². The van der Waals surface area contributed by atoms with E-state index in [0.717, 1.165) is 0 Å². The topological polar surface area (TPSA) is 95.1 Å². The largest absolute Gasteiger partial charge is 0.486 e. The minimum Gasteiger partial charge on any atom is -0.486 e. The Morgan fingerprint density at radius 1 is 1.50 bits per heavy atom. The van der Waals surface area contributed by atoms with Crippen LogP contribution in [0.5, 0.6) is 5.75 Å². The molecule has 0 spiro atoms. The first-order valence-electron chi connectivity index (χ1n) is 7.14. The Hall–Kier alpha value is -2.19.